The molecule has 2 aromatic rings. The molecular formula is C18H24N4O3. The van der Waals surface area contributed by atoms with E-state index < -0.39 is 0 Å². The van der Waals surface area contributed by atoms with E-state index in [0.29, 0.717) is 37.0 Å². The molecule has 0 aliphatic heterocycles. The Morgan fingerprint density at radius 2 is 2.00 bits per heavy atom. The van der Waals surface area contributed by atoms with Gasteiger partial charge < -0.3 is 20.1 Å². The van der Waals surface area contributed by atoms with Crippen LogP contribution in [0.5, 0.6) is 5.75 Å². The highest BCUT2D eigenvalue weighted by atomic mass is 16.5. The minimum absolute atomic E-state index is 0.220. The summed E-state index contributed by atoms with van der Waals surface area (Å²) >= 11 is 0. The van der Waals surface area contributed by atoms with Crippen molar-refractivity contribution in [3.8, 4) is 5.75 Å². The molecule has 0 unspecified atom stereocenters. The normalized spacial score (nSPS) is 10.4. The molecule has 0 spiro atoms. The smallest absolute Gasteiger partial charge is 0.270 e. The fourth-order valence-corrected chi connectivity index (χ4v) is 2.32. The van der Waals surface area contributed by atoms with Gasteiger partial charge >= 0.3 is 0 Å². The van der Waals surface area contributed by atoms with Crippen molar-refractivity contribution in [2.24, 2.45) is 0 Å². The van der Waals surface area contributed by atoms with E-state index in [2.05, 4.69) is 20.6 Å². The lowest BCUT2D eigenvalue weighted by Gasteiger charge is -2.11. The van der Waals surface area contributed by atoms with Gasteiger partial charge in [-0.3, -0.25) is 4.79 Å². The van der Waals surface area contributed by atoms with Crippen LogP contribution >= 0.6 is 0 Å². The van der Waals surface area contributed by atoms with Crippen LogP contribution in [-0.2, 0) is 11.3 Å². The molecule has 2 N–H and O–H groups in total. The quantitative estimate of drug-likeness (QED) is 0.678. The van der Waals surface area contributed by atoms with Crippen molar-refractivity contribution < 1.29 is 14.3 Å². The van der Waals surface area contributed by atoms with E-state index in [1.165, 1.54) is 0 Å². The van der Waals surface area contributed by atoms with Gasteiger partial charge in [0.05, 0.1) is 7.11 Å². The van der Waals surface area contributed by atoms with Crippen LogP contribution in [0.15, 0.2) is 30.3 Å². The first-order valence-electron chi connectivity index (χ1n) is 8.12. The summed E-state index contributed by atoms with van der Waals surface area (Å²) in [5, 5.41) is 6.04. The molecule has 7 heteroatoms. The van der Waals surface area contributed by atoms with Crippen LogP contribution in [0.4, 0.5) is 5.82 Å². The fraction of sp³-hybridized carbons (Fsp3) is 0.389. The van der Waals surface area contributed by atoms with Gasteiger partial charge in [0.1, 0.15) is 23.1 Å². The average Bonchev–Trinajstić information content (AvgIpc) is 2.63. The number of anilines is 1. The zero-order valence-electron chi connectivity index (χ0n) is 14.8. The van der Waals surface area contributed by atoms with Crippen molar-refractivity contribution in [2.45, 2.75) is 19.9 Å². The number of aryl methyl sites for hydroxylation is 1. The number of aromatic nitrogens is 2. The second-order valence-electron chi connectivity index (χ2n) is 5.45. The Hall–Kier alpha value is -2.67. The van der Waals surface area contributed by atoms with Crippen LogP contribution in [0.3, 0.4) is 0 Å². The summed E-state index contributed by atoms with van der Waals surface area (Å²) < 4.78 is 10.3. The Morgan fingerprint density at radius 3 is 2.76 bits per heavy atom. The molecule has 2 rings (SSSR count). The van der Waals surface area contributed by atoms with E-state index in [9.17, 15) is 4.79 Å². The Balaban J connectivity index is 2.02. The van der Waals surface area contributed by atoms with Crippen LogP contribution in [0.25, 0.3) is 0 Å². The van der Waals surface area contributed by atoms with Gasteiger partial charge in [0.15, 0.2) is 0 Å². The van der Waals surface area contributed by atoms with E-state index in [-0.39, 0.29) is 5.91 Å². The molecule has 0 saturated carbocycles. The van der Waals surface area contributed by atoms with Crippen LogP contribution in [0, 0.1) is 6.92 Å². The molecule has 0 fully saturated rings. The number of methoxy groups -OCH3 is 2. The molecule has 0 bridgehead atoms. The first-order valence-corrected chi connectivity index (χ1v) is 8.12. The molecular weight excluding hydrogens is 320 g/mol. The second kappa shape index (κ2) is 9.58. The molecule has 1 aromatic heterocycles. The number of carbonyl (C=O) groups excluding carboxylic acids is 1. The third-order valence-corrected chi connectivity index (χ3v) is 3.53. The summed E-state index contributed by atoms with van der Waals surface area (Å²) in [6.07, 6.45) is 0.755. The second-order valence-corrected chi connectivity index (χ2v) is 5.45. The van der Waals surface area contributed by atoms with Gasteiger partial charge in [-0.25, -0.2) is 9.97 Å². The van der Waals surface area contributed by atoms with Crippen molar-refractivity contribution in [3.63, 3.8) is 0 Å². The highest BCUT2D eigenvalue weighted by Crippen LogP contribution is 2.18. The molecule has 1 amide bonds. The van der Waals surface area contributed by atoms with E-state index in [4.69, 9.17) is 9.47 Å². The number of carbonyl (C=O) groups is 1. The summed E-state index contributed by atoms with van der Waals surface area (Å²) in [5.41, 5.74) is 1.35. The van der Waals surface area contributed by atoms with Gasteiger partial charge in [0.2, 0.25) is 0 Å². The van der Waals surface area contributed by atoms with Gasteiger partial charge in [-0.2, -0.15) is 0 Å². The molecule has 0 aliphatic carbocycles. The maximum Gasteiger partial charge on any atom is 0.270 e. The van der Waals surface area contributed by atoms with Gasteiger partial charge in [0.25, 0.3) is 5.91 Å². The van der Waals surface area contributed by atoms with Crippen LogP contribution in [0.2, 0.25) is 0 Å². The van der Waals surface area contributed by atoms with Crippen molar-refractivity contribution in [1.29, 1.82) is 0 Å². The highest BCUT2D eigenvalue weighted by molar-refractivity contribution is 5.92. The number of ether oxygens (including phenoxy) is 2. The predicted octanol–water partition coefficient (Wildman–Crippen LogP) is 2.17. The molecule has 134 valence electrons. The standard InChI is InChI=1S/C18H24N4O3/c1-13-21-15(18(23)19-9-6-10-24-2)11-17(22-13)20-12-14-7-4-5-8-16(14)25-3/h4-5,7-8,11H,6,9-10,12H2,1-3H3,(H,19,23)(H,20,21,22). The maximum atomic E-state index is 12.2. The zero-order valence-corrected chi connectivity index (χ0v) is 14.8. The Morgan fingerprint density at radius 1 is 1.20 bits per heavy atom. The lowest BCUT2D eigenvalue weighted by atomic mass is 10.2. The molecule has 0 atom stereocenters. The highest BCUT2D eigenvalue weighted by Gasteiger charge is 2.10. The zero-order chi connectivity index (χ0) is 18.1. The number of benzene rings is 1. The summed E-state index contributed by atoms with van der Waals surface area (Å²) in [6, 6.07) is 9.39. The van der Waals surface area contributed by atoms with Gasteiger partial charge in [-0.1, -0.05) is 18.2 Å². The number of hydrogen-bond donors (Lipinski definition) is 2. The van der Waals surface area contributed by atoms with Crippen LogP contribution in [-0.4, -0.2) is 43.2 Å². The fourth-order valence-electron chi connectivity index (χ4n) is 2.32. The first kappa shape index (κ1) is 18.7. The molecule has 1 heterocycles. The van der Waals surface area contributed by atoms with Crippen molar-refractivity contribution in [3.05, 3.63) is 47.4 Å². The van der Waals surface area contributed by atoms with E-state index in [1.807, 2.05) is 24.3 Å². The summed E-state index contributed by atoms with van der Waals surface area (Å²) in [6.45, 7) is 3.44. The minimum Gasteiger partial charge on any atom is -0.496 e. The SMILES string of the molecule is COCCCNC(=O)c1cc(NCc2ccccc2OC)nc(C)n1. The third-order valence-electron chi connectivity index (χ3n) is 3.53. The van der Waals surface area contributed by atoms with E-state index >= 15 is 0 Å². The number of nitrogens with one attached hydrogen (secondary N) is 2. The van der Waals surface area contributed by atoms with Crippen LogP contribution < -0.4 is 15.4 Å². The molecule has 1 aromatic carbocycles. The van der Waals surface area contributed by atoms with E-state index in [1.54, 1.807) is 27.2 Å². The molecule has 0 radical (unpaired) electrons. The lowest BCUT2D eigenvalue weighted by molar-refractivity contribution is 0.0943. The number of hydrogen-bond acceptors (Lipinski definition) is 6. The van der Waals surface area contributed by atoms with Crippen molar-refractivity contribution in [2.75, 3.05) is 32.7 Å². The summed E-state index contributed by atoms with van der Waals surface area (Å²) in [4.78, 5) is 20.7. The topological polar surface area (TPSA) is 85.4 Å². The lowest BCUT2D eigenvalue weighted by Crippen LogP contribution is -2.26. The summed E-state index contributed by atoms with van der Waals surface area (Å²) in [5.74, 6) is 1.71. The van der Waals surface area contributed by atoms with Crippen molar-refractivity contribution in [1.82, 2.24) is 15.3 Å². The van der Waals surface area contributed by atoms with Gasteiger partial charge in [-0.05, 0) is 19.4 Å². The van der Waals surface area contributed by atoms with Gasteiger partial charge in [-0.15, -0.1) is 0 Å². The Labute approximate surface area is 147 Å². The largest absolute Gasteiger partial charge is 0.496 e. The molecule has 0 saturated heterocycles. The monoisotopic (exact) mass is 344 g/mol. The van der Waals surface area contributed by atoms with Gasteiger partial charge in [0, 0.05) is 38.4 Å². The first-order chi connectivity index (χ1) is 12.1. The van der Waals surface area contributed by atoms with E-state index in [0.717, 1.165) is 17.7 Å². The maximum absolute atomic E-state index is 12.2. The van der Waals surface area contributed by atoms with Crippen molar-refractivity contribution >= 4 is 11.7 Å². The molecule has 25 heavy (non-hydrogen) atoms. The Bertz CT molecular complexity index is 706. The third kappa shape index (κ3) is 5.72. The molecule has 7 nitrogen and oxygen atoms in total. The number of amides is 1. The van der Waals surface area contributed by atoms with Crippen LogP contribution in [0.1, 0.15) is 28.3 Å². The average molecular weight is 344 g/mol. The Kier molecular flexibility index (Phi) is 7.16. The minimum atomic E-state index is -0.220. The molecule has 0 aliphatic rings. The number of rotatable bonds is 9. The summed E-state index contributed by atoms with van der Waals surface area (Å²) in [7, 11) is 3.27. The number of nitrogens with zero attached hydrogens (tertiary/aromatic N) is 2. The predicted molar refractivity (Wildman–Crippen MR) is 95.9 cm³/mol. The number of para-hydroxylation sites is 1.